The second kappa shape index (κ2) is 14.6. The van der Waals surface area contributed by atoms with Crippen molar-refractivity contribution in [3.8, 4) is 11.1 Å². The molecule has 0 bridgehead atoms. The average Bonchev–Trinajstić information content (AvgIpc) is 3.01. The number of aromatic nitrogens is 1. The van der Waals surface area contributed by atoms with Crippen LogP contribution in [-0.4, -0.2) is 50.8 Å². The maximum atomic E-state index is 14.0. The van der Waals surface area contributed by atoms with Crippen LogP contribution in [0.15, 0.2) is 103 Å². The Morgan fingerprint density at radius 3 is 1.78 bits per heavy atom. The van der Waals surface area contributed by atoms with E-state index in [1.54, 1.807) is 36.7 Å². The predicted molar refractivity (Wildman–Crippen MR) is 159 cm³/mol. The van der Waals surface area contributed by atoms with Gasteiger partial charge in [-0.3, -0.25) is 19.4 Å². The highest BCUT2D eigenvalue weighted by atomic mass is 16.4. The zero-order chi connectivity index (χ0) is 29.0. The van der Waals surface area contributed by atoms with Crippen molar-refractivity contribution in [3.63, 3.8) is 0 Å². The Balaban J connectivity index is 1.70. The number of aliphatic carboxylic acids is 1. The molecule has 4 rings (SSSR count). The summed E-state index contributed by atoms with van der Waals surface area (Å²) >= 11 is 0. The van der Waals surface area contributed by atoms with Crippen molar-refractivity contribution in [2.45, 2.75) is 39.3 Å². The van der Waals surface area contributed by atoms with Gasteiger partial charge in [-0.1, -0.05) is 86.1 Å². The highest BCUT2D eigenvalue weighted by Crippen LogP contribution is 2.30. The number of rotatable bonds is 13. The van der Waals surface area contributed by atoms with E-state index in [2.05, 4.69) is 11.9 Å². The van der Waals surface area contributed by atoms with Gasteiger partial charge in [0.25, 0.3) is 11.8 Å². The molecule has 1 heterocycles. The lowest BCUT2D eigenvalue weighted by molar-refractivity contribution is -0.137. The minimum absolute atomic E-state index is 0.0415. The van der Waals surface area contributed by atoms with Crippen molar-refractivity contribution in [2.24, 2.45) is 0 Å². The van der Waals surface area contributed by atoms with Crippen LogP contribution < -0.4 is 0 Å². The van der Waals surface area contributed by atoms with E-state index in [1.165, 1.54) is 4.90 Å². The smallest absolute Gasteiger partial charge is 0.305 e. The number of carbonyl (C=O) groups is 3. The highest BCUT2D eigenvalue weighted by molar-refractivity contribution is 6.06. The molecule has 210 valence electrons. The fourth-order valence-corrected chi connectivity index (χ4v) is 4.75. The highest BCUT2D eigenvalue weighted by Gasteiger charge is 2.24. The quantitative estimate of drug-likeness (QED) is 0.211. The van der Waals surface area contributed by atoms with Gasteiger partial charge < -0.3 is 14.9 Å². The Hall–Kier alpha value is -4.78. The Kier molecular flexibility index (Phi) is 10.4. The number of nitrogens with zero attached hydrogens (tertiary/aromatic N) is 3. The molecule has 0 spiro atoms. The predicted octanol–water partition coefficient (Wildman–Crippen LogP) is 6.31. The van der Waals surface area contributed by atoms with Crippen molar-refractivity contribution >= 4 is 17.8 Å². The molecule has 0 atom stereocenters. The largest absolute Gasteiger partial charge is 0.481 e. The molecule has 0 radical (unpaired) electrons. The summed E-state index contributed by atoms with van der Waals surface area (Å²) in [5, 5.41) is 9.34. The topological polar surface area (TPSA) is 90.8 Å². The van der Waals surface area contributed by atoms with Crippen LogP contribution in [0.4, 0.5) is 0 Å². The van der Waals surface area contributed by atoms with Gasteiger partial charge in [0.1, 0.15) is 0 Å². The van der Waals surface area contributed by atoms with Crippen LogP contribution in [0.2, 0.25) is 0 Å². The Morgan fingerprint density at radius 1 is 0.683 bits per heavy atom. The van der Waals surface area contributed by atoms with E-state index >= 15 is 0 Å². The molecule has 0 saturated carbocycles. The fourth-order valence-electron chi connectivity index (χ4n) is 4.75. The third-order valence-electron chi connectivity index (χ3n) is 6.87. The molecule has 0 aliphatic carbocycles. The lowest BCUT2D eigenvalue weighted by atomic mass is 9.93. The first-order valence-electron chi connectivity index (χ1n) is 13.9. The third-order valence-corrected chi connectivity index (χ3v) is 6.87. The molecule has 0 aliphatic heterocycles. The molecular weight excluding hydrogens is 514 g/mol. The van der Waals surface area contributed by atoms with Gasteiger partial charge in [0.05, 0.1) is 6.42 Å². The monoisotopic (exact) mass is 549 g/mol. The van der Waals surface area contributed by atoms with E-state index in [9.17, 15) is 19.5 Å². The van der Waals surface area contributed by atoms with Crippen molar-refractivity contribution in [1.82, 2.24) is 14.8 Å². The summed E-state index contributed by atoms with van der Waals surface area (Å²) in [6.45, 7) is 3.47. The maximum Gasteiger partial charge on any atom is 0.305 e. The Morgan fingerprint density at radius 2 is 1.22 bits per heavy atom. The zero-order valence-electron chi connectivity index (χ0n) is 23.3. The molecule has 7 heteroatoms. The SMILES string of the molecule is CCCCN(Cc1ccccc1)C(=O)c1ccccc1-c1ccccc1C(=O)N(CCC(=O)O)Cc1cccnc1. The van der Waals surface area contributed by atoms with Gasteiger partial charge in [-0.05, 0) is 46.9 Å². The van der Waals surface area contributed by atoms with Crippen LogP contribution >= 0.6 is 0 Å². The molecule has 0 saturated heterocycles. The molecule has 41 heavy (non-hydrogen) atoms. The number of carbonyl (C=O) groups excluding carboxylic acids is 2. The normalized spacial score (nSPS) is 10.7. The summed E-state index contributed by atoms with van der Waals surface area (Å²) in [4.78, 5) is 46.9. The Labute approximate surface area is 241 Å². The van der Waals surface area contributed by atoms with E-state index < -0.39 is 5.97 Å². The second-order valence-corrected chi connectivity index (χ2v) is 9.89. The van der Waals surface area contributed by atoms with Crippen molar-refractivity contribution in [3.05, 3.63) is 126 Å². The van der Waals surface area contributed by atoms with Crippen LogP contribution in [-0.2, 0) is 17.9 Å². The van der Waals surface area contributed by atoms with Gasteiger partial charge in [0.2, 0.25) is 0 Å². The number of carboxylic acids is 1. The van der Waals surface area contributed by atoms with Gasteiger partial charge in [-0.25, -0.2) is 0 Å². The number of benzene rings is 3. The molecule has 1 aromatic heterocycles. The van der Waals surface area contributed by atoms with Crippen LogP contribution in [0, 0.1) is 0 Å². The standard InChI is InChI=1S/C34H35N3O4/c1-2-3-21-36(24-26-12-5-4-6-13-26)33(40)30-17-9-7-15-28(30)29-16-8-10-18-31(29)34(41)37(22-19-32(38)39)25-27-14-11-20-35-23-27/h4-18,20,23H,2-3,19,21-22,24-25H2,1H3,(H,38,39). The molecule has 2 amide bonds. The minimum Gasteiger partial charge on any atom is -0.481 e. The Bertz CT molecular complexity index is 1460. The first-order valence-corrected chi connectivity index (χ1v) is 13.9. The molecule has 0 aliphatic rings. The molecule has 3 aromatic carbocycles. The fraction of sp³-hybridized carbons (Fsp3) is 0.235. The second-order valence-electron chi connectivity index (χ2n) is 9.89. The summed E-state index contributed by atoms with van der Waals surface area (Å²) in [5.74, 6) is -1.39. The summed E-state index contributed by atoms with van der Waals surface area (Å²) in [6, 6.07) is 28.1. The van der Waals surface area contributed by atoms with Crippen LogP contribution in [0.25, 0.3) is 11.1 Å². The summed E-state index contributed by atoms with van der Waals surface area (Å²) in [7, 11) is 0. The summed E-state index contributed by atoms with van der Waals surface area (Å²) in [6.07, 6.45) is 4.97. The average molecular weight is 550 g/mol. The number of pyridine rings is 1. The van der Waals surface area contributed by atoms with E-state index in [1.807, 2.05) is 71.6 Å². The van der Waals surface area contributed by atoms with E-state index in [-0.39, 0.29) is 31.3 Å². The number of hydrogen-bond acceptors (Lipinski definition) is 4. The van der Waals surface area contributed by atoms with Gasteiger partial charge in [0, 0.05) is 49.7 Å². The van der Waals surface area contributed by atoms with Crippen LogP contribution in [0.1, 0.15) is 58.0 Å². The number of unbranched alkanes of at least 4 members (excludes halogenated alkanes) is 1. The lowest BCUT2D eigenvalue weighted by Crippen LogP contribution is -2.33. The minimum atomic E-state index is -0.983. The zero-order valence-corrected chi connectivity index (χ0v) is 23.3. The van der Waals surface area contributed by atoms with Gasteiger partial charge in [0.15, 0.2) is 0 Å². The van der Waals surface area contributed by atoms with Gasteiger partial charge in [-0.15, -0.1) is 0 Å². The number of hydrogen-bond donors (Lipinski definition) is 1. The maximum absolute atomic E-state index is 14.0. The van der Waals surface area contributed by atoms with Crippen molar-refractivity contribution in [2.75, 3.05) is 13.1 Å². The molecule has 7 nitrogen and oxygen atoms in total. The van der Waals surface area contributed by atoms with E-state index in [0.717, 1.165) is 24.0 Å². The van der Waals surface area contributed by atoms with Gasteiger partial charge in [-0.2, -0.15) is 0 Å². The molecule has 4 aromatic rings. The third kappa shape index (κ3) is 7.88. The van der Waals surface area contributed by atoms with Crippen LogP contribution in [0.3, 0.4) is 0 Å². The molecular formula is C34H35N3O4. The van der Waals surface area contributed by atoms with E-state index in [4.69, 9.17) is 0 Å². The number of amides is 2. The summed E-state index contributed by atoms with van der Waals surface area (Å²) < 4.78 is 0. The number of carboxylic acid groups (broad SMARTS) is 1. The lowest BCUT2D eigenvalue weighted by Gasteiger charge is -2.26. The molecule has 0 unspecified atom stereocenters. The molecule has 0 fully saturated rings. The van der Waals surface area contributed by atoms with E-state index in [0.29, 0.717) is 35.3 Å². The molecule has 1 N–H and O–H groups in total. The van der Waals surface area contributed by atoms with Gasteiger partial charge >= 0.3 is 5.97 Å². The van der Waals surface area contributed by atoms with Crippen LogP contribution in [0.5, 0.6) is 0 Å². The first kappa shape index (κ1) is 29.2. The van der Waals surface area contributed by atoms with Crippen molar-refractivity contribution < 1.29 is 19.5 Å². The van der Waals surface area contributed by atoms with Crippen molar-refractivity contribution in [1.29, 1.82) is 0 Å². The first-order chi connectivity index (χ1) is 20.0. The summed E-state index contributed by atoms with van der Waals surface area (Å²) in [5.41, 5.74) is 4.06.